The molecule has 0 saturated heterocycles. The van der Waals surface area contributed by atoms with Gasteiger partial charge in [-0.1, -0.05) is 325 Å². The van der Waals surface area contributed by atoms with Gasteiger partial charge in [0.25, 0.3) is 0 Å². The average Bonchev–Trinajstić information content (AvgIpc) is 0.967. The van der Waals surface area contributed by atoms with Gasteiger partial charge in [-0.2, -0.15) is 0 Å². The van der Waals surface area contributed by atoms with E-state index in [1.807, 2.05) is 30.3 Å². The zero-order valence-electron chi connectivity index (χ0n) is 51.6. The van der Waals surface area contributed by atoms with Crippen LogP contribution in [0.2, 0.25) is 0 Å². The van der Waals surface area contributed by atoms with Crippen LogP contribution in [0.4, 0.5) is 0 Å². The molecule has 0 amide bonds. The summed E-state index contributed by atoms with van der Waals surface area (Å²) < 4.78 is 2.22. The summed E-state index contributed by atoms with van der Waals surface area (Å²) >= 11 is 0. The molecule has 432 valence electrons. The highest BCUT2D eigenvalue weighted by Crippen LogP contribution is 2.44. The van der Waals surface area contributed by atoms with Crippen molar-refractivity contribution in [1.29, 1.82) is 0 Å². The Labute approximate surface area is 528 Å². The minimum absolute atomic E-state index is 0.979. The molecule has 0 fully saturated rings. The molecule has 0 saturated carbocycles. The van der Waals surface area contributed by atoms with Crippen molar-refractivity contribution in [3.05, 3.63) is 361 Å². The summed E-state index contributed by atoms with van der Waals surface area (Å²) in [6.07, 6.45) is 0. The molecule has 2 heteroatoms. The second-order valence-corrected chi connectivity index (χ2v) is 23.4. The van der Waals surface area contributed by atoms with Crippen molar-refractivity contribution >= 4 is 86.4 Å². The molecule has 0 radical (unpaired) electrons. The van der Waals surface area contributed by atoms with E-state index in [1.54, 1.807) is 0 Å². The van der Waals surface area contributed by atoms with Gasteiger partial charge in [0, 0.05) is 11.3 Å². The number of benzene rings is 16. The van der Waals surface area contributed by atoms with Crippen LogP contribution >= 0.6 is 0 Å². The van der Waals surface area contributed by atoms with E-state index in [2.05, 4.69) is 343 Å². The van der Waals surface area contributed by atoms with Crippen molar-refractivity contribution in [2.75, 3.05) is 0 Å². The predicted molar refractivity (Wildman–Crippen MR) is 389 cm³/mol. The van der Waals surface area contributed by atoms with Gasteiger partial charge in [-0.25, -0.2) is 4.98 Å². The first kappa shape index (κ1) is 57.9. The molecule has 0 bridgehead atoms. The van der Waals surface area contributed by atoms with Crippen LogP contribution in [0.25, 0.3) is 126 Å². The smallest absolute Gasteiger partial charge is 0.145 e. The summed E-state index contributed by atoms with van der Waals surface area (Å²) in [6, 6.07) is 118. The largest absolute Gasteiger partial charge is 0.292 e. The number of imidazole rings is 1. The van der Waals surface area contributed by atoms with E-state index >= 15 is 0 Å². The van der Waals surface area contributed by atoms with Gasteiger partial charge in [0.1, 0.15) is 5.82 Å². The van der Waals surface area contributed by atoms with Crippen molar-refractivity contribution in [2.45, 2.75) is 34.6 Å². The number of hydrogen-bond acceptors (Lipinski definition) is 1. The van der Waals surface area contributed by atoms with Crippen molar-refractivity contribution in [3.63, 3.8) is 0 Å². The van der Waals surface area contributed by atoms with Crippen molar-refractivity contribution < 1.29 is 0 Å². The monoisotopic (exact) mass is 1150 g/mol. The summed E-state index contributed by atoms with van der Waals surface area (Å²) in [4.78, 5) is 4.85. The average molecular weight is 1160 g/mol. The van der Waals surface area contributed by atoms with Crippen molar-refractivity contribution in [3.8, 4) is 39.3 Å². The molecule has 2 nitrogen and oxygen atoms in total. The molecule has 0 atom stereocenters. The highest BCUT2D eigenvalue weighted by molar-refractivity contribution is 6.25. The lowest BCUT2D eigenvalue weighted by Gasteiger charge is -2.17. The van der Waals surface area contributed by atoms with E-state index in [4.69, 9.17) is 4.98 Å². The molecule has 1 aromatic heterocycles. The summed E-state index contributed by atoms with van der Waals surface area (Å²) in [6.45, 7) is 10.6. The molecular formula is C88H70N2. The number of rotatable bonds is 4. The van der Waals surface area contributed by atoms with Gasteiger partial charge in [-0.3, -0.25) is 4.57 Å². The van der Waals surface area contributed by atoms with Crippen LogP contribution in [0.15, 0.2) is 334 Å². The zero-order valence-corrected chi connectivity index (χ0v) is 51.6. The maximum atomic E-state index is 4.85. The van der Waals surface area contributed by atoms with Crippen LogP contribution in [0.3, 0.4) is 0 Å². The Bertz CT molecular complexity index is 5220. The number of aryl methyl sites for hydroxylation is 5. The van der Waals surface area contributed by atoms with Crippen LogP contribution in [0.1, 0.15) is 27.8 Å². The third-order valence-corrected chi connectivity index (χ3v) is 16.9. The molecule has 0 N–H and O–H groups in total. The van der Waals surface area contributed by atoms with E-state index in [0.29, 0.717) is 0 Å². The van der Waals surface area contributed by atoms with Crippen LogP contribution in [-0.2, 0) is 0 Å². The zero-order chi connectivity index (χ0) is 61.3. The van der Waals surface area contributed by atoms with E-state index in [9.17, 15) is 0 Å². The molecular weight excluding hydrogens is 1080 g/mol. The van der Waals surface area contributed by atoms with Gasteiger partial charge in [0.15, 0.2) is 0 Å². The highest BCUT2D eigenvalue weighted by Gasteiger charge is 2.17. The Hall–Kier alpha value is -11.2. The molecule has 0 aliphatic heterocycles. The lowest BCUT2D eigenvalue weighted by atomic mass is 9.86. The van der Waals surface area contributed by atoms with E-state index in [0.717, 1.165) is 28.1 Å². The van der Waals surface area contributed by atoms with E-state index in [-0.39, 0.29) is 0 Å². The van der Waals surface area contributed by atoms with E-state index < -0.39 is 0 Å². The minimum atomic E-state index is 0.979. The van der Waals surface area contributed by atoms with Gasteiger partial charge in [0.05, 0.1) is 11.0 Å². The Morgan fingerprint density at radius 1 is 0.222 bits per heavy atom. The first-order valence-electron chi connectivity index (χ1n) is 31.1. The van der Waals surface area contributed by atoms with E-state index in [1.165, 1.54) is 125 Å². The Kier molecular flexibility index (Phi) is 17.0. The first-order chi connectivity index (χ1) is 44.2. The fourth-order valence-corrected chi connectivity index (χ4v) is 12.5. The third-order valence-electron chi connectivity index (χ3n) is 16.9. The third kappa shape index (κ3) is 12.4. The Morgan fingerprint density at radius 2 is 0.578 bits per heavy atom. The number of nitrogens with zero attached hydrogens (tertiary/aromatic N) is 2. The second kappa shape index (κ2) is 26.4. The molecule has 17 aromatic rings. The Balaban J connectivity index is 0.000000108. The van der Waals surface area contributed by atoms with Crippen LogP contribution in [0.5, 0.6) is 0 Å². The molecule has 0 unspecified atom stereocenters. The molecule has 16 aromatic carbocycles. The summed E-state index contributed by atoms with van der Waals surface area (Å²) in [5.41, 5.74) is 16.1. The minimum Gasteiger partial charge on any atom is -0.292 e. The van der Waals surface area contributed by atoms with Crippen LogP contribution in [-0.4, -0.2) is 9.55 Å². The normalized spacial score (nSPS) is 10.9. The highest BCUT2D eigenvalue weighted by atomic mass is 15.1. The fourth-order valence-electron chi connectivity index (χ4n) is 12.5. The number of hydrogen-bond donors (Lipinski definition) is 0. The van der Waals surface area contributed by atoms with Crippen LogP contribution in [0, 0.1) is 34.6 Å². The quantitative estimate of drug-likeness (QED) is 0.127. The van der Waals surface area contributed by atoms with Gasteiger partial charge in [-0.05, 0) is 169 Å². The number of fused-ring (bicyclic) bond motifs is 11. The fraction of sp³-hybridized carbons (Fsp3) is 0.0568. The topological polar surface area (TPSA) is 17.8 Å². The summed E-state index contributed by atoms with van der Waals surface area (Å²) in [5, 5.41) is 18.6. The summed E-state index contributed by atoms with van der Waals surface area (Å²) in [5.74, 6) is 0.979. The SMILES string of the molecule is Cc1ccc(-c2c3ccccc3c(-c3ccccc3)c3ccccc23)cc1.Cc1ccc(-c2nc3ccccc3n2-c2ccccc2)cc1.Cc1ccc2c3ccccc3c3ccccc3c2c1.Cc1ccc2cc3ccccc3cc2c1.Cc1ccccc1. The molecule has 0 aliphatic carbocycles. The molecule has 17 rings (SSSR count). The van der Waals surface area contributed by atoms with Gasteiger partial charge in [0.2, 0.25) is 0 Å². The lowest BCUT2D eigenvalue weighted by Crippen LogP contribution is -1.97. The van der Waals surface area contributed by atoms with Crippen molar-refractivity contribution in [1.82, 2.24) is 9.55 Å². The van der Waals surface area contributed by atoms with Crippen LogP contribution < -0.4 is 0 Å². The molecule has 0 spiro atoms. The van der Waals surface area contributed by atoms with Gasteiger partial charge in [-0.15, -0.1) is 0 Å². The number of para-hydroxylation sites is 3. The second-order valence-electron chi connectivity index (χ2n) is 23.4. The summed E-state index contributed by atoms with van der Waals surface area (Å²) in [7, 11) is 0. The molecule has 0 aliphatic rings. The molecule has 1 heterocycles. The predicted octanol–water partition coefficient (Wildman–Crippen LogP) is 24.4. The van der Waals surface area contributed by atoms with Crippen molar-refractivity contribution in [2.24, 2.45) is 0 Å². The maximum Gasteiger partial charge on any atom is 0.145 e. The lowest BCUT2D eigenvalue weighted by molar-refractivity contribution is 1.10. The Morgan fingerprint density at radius 3 is 1.10 bits per heavy atom. The van der Waals surface area contributed by atoms with Gasteiger partial charge < -0.3 is 0 Å². The standard InChI is InChI=1S/C27H20.C20H16N2.C19H14.C15H12.C7H8/c1-19-15-17-21(18-16-19)27-24-13-7-5-11-22(24)26(20-9-3-2-4-10-20)23-12-6-8-14-25(23)27;1-15-11-13-16(14-12-15)20-21-18-9-5-6-10-19(18)22(20)17-7-3-2-4-8-17;1-13-10-11-18-16-8-3-2-6-14(16)15-7-4-5-9-17(15)19(18)12-13;1-11-6-7-14-9-12-4-2-3-5-13(12)10-15(14)8-11;1-7-5-3-2-4-6-7/h2-18H,1H3;2-14H,1H3;2-12H,1H3;2-10H,1H3;2-6H,1H3. The van der Waals surface area contributed by atoms with Gasteiger partial charge >= 0.3 is 0 Å². The first-order valence-corrected chi connectivity index (χ1v) is 31.1. The number of aromatic nitrogens is 2. The molecule has 90 heavy (non-hydrogen) atoms. The maximum absolute atomic E-state index is 4.85.